The molecule has 2 aliphatic rings. The van der Waals surface area contributed by atoms with Gasteiger partial charge in [-0.3, -0.25) is 9.69 Å². The third-order valence-electron chi connectivity index (χ3n) is 7.31. The maximum atomic E-state index is 13.4. The highest BCUT2D eigenvalue weighted by molar-refractivity contribution is 5.95. The van der Waals surface area contributed by atoms with Gasteiger partial charge in [-0.25, -0.2) is 0 Å². The van der Waals surface area contributed by atoms with E-state index in [0.717, 1.165) is 31.5 Å². The highest BCUT2D eigenvalue weighted by atomic mass is 35.5. The minimum Gasteiger partial charge on any atom is -0.338 e. The quantitative estimate of drug-likeness (QED) is 0.431. The normalized spacial score (nSPS) is 21.2. The number of amides is 1. The van der Waals surface area contributed by atoms with Gasteiger partial charge in [-0.1, -0.05) is 30.3 Å². The lowest BCUT2D eigenvalue weighted by Gasteiger charge is -2.46. The van der Waals surface area contributed by atoms with E-state index < -0.39 is 35.0 Å². The Labute approximate surface area is 230 Å². The summed E-state index contributed by atoms with van der Waals surface area (Å²) < 4.78 is 80.1. The first-order valence-electron chi connectivity index (χ1n) is 12.0. The number of carbonyl (C=O) groups excluding carboxylic acids is 1. The van der Waals surface area contributed by atoms with E-state index in [1.165, 1.54) is 11.9 Å². The summed E-state index contributed by atoms with van der Waals surface area (Å²) in [5, 5.41) is 3.35. The first-order valence-corrected chi connectivity index (χ1v) is 12.0. The number of alkyl halides is 6. The standard InChI is InChI=1S/C26H29F6N3O.2ClH/c1-34(24(36)18-13-19(25(27,28)29)15-20(14-18)26(30,31)32)23-9-12-35(21-7-10-33-11-8-21)16-22(23)17-5-3-2-4-6-17;;/h2-6,13-15,21-23,33H,7-12,16H2,1H3;2*1H/t22-,23+;;/m0../s1. The van der Waals surface area contributed by atoms with Crippen LogP contribution in [0.3, 0.4) is 0 Å². The third-order valence-corrected chi connectivity index (χ3v) is 7.31. The van der Waals surface area contributed by atoms with Gasteiger partial charge < -0.3 is 10.2 Å². The fourth-order valence-corrected chi connectivity index (χ4v) is 5.39. The predicted molar refractivity (Wildman–Crippen MR) is 138 cm³/mol. The van der Waals surface area contributed by atoms with Crippen molar-refractivity contribution in [2.24, 2.45) is 0 Å². The molecule has 2 heterocycles. The minimum absolute atomic E-state index is 0. The molecule has 2 aliphatic heterocycles. The maximum Gasteiger partial charge on any atom is 0.416 e. The first-order chi connectivity index (χ1) is 16.9. The molecule has 4 nitrogen and oxygen atoms in total. The van der Waals surface area contributed by atoms with E-state index in [0.29, 0.717) is 37.7 Å². The predicted octanol–water partition coefficient (Wildman–Crippen LogP) is 6.25. The fraction of sp³-hybridized carbons (Fsp3) is 0.500. The lowest BCUT2D eigenvalue weighted by Crippen LogP contribution is -2.54. The maximum absolute atomic E-state index is 13.4. The second-order valence-corrected chi connectivity index (χ2v) is 9.56. The molecule has 0 aliphatic carbocycles. The van der Waals surface area contributed by atoms with Gasteiger partial charge in [0.2, 0.25) is 0 Å². The van der Waals surface area contributed by atoms with Gasteiger partial charge in [0.15, 0.2) is 0 Å². The fourth-order valence-electron chi connectivity index (χ4n) is 5.39. The van der Waals surface area contributed by atoms with Crippen molar-refractivity contribution in [2.45, 2.75) is 49.6 Å². The molecule has 2 aromatic rings. The Morgan fingerprint density at radius 2 is 1.45 bits per heavy atom. The summed E-state index contributed by atoms with van der Waals surface area (Å²) in [6.45, 7) is 3.21. The number of benzene rings is 2. The second-order valence-electron chi connectivity index (χ2n) is 9.56. The van der Waals surface area contributed by atoms with Crippen molar-refractivity contribution in [1.82, 2.24) is 15.1 Å². The Balaban J connectivity index is 0.00000253. The topological polar surface area (TPSA) is 35.6 Å². The molecule has 0 spiro atoms. The van der Waals surface area contributed by atoms with Crippen molar-refractivity contribution < 1.29 is 31.1 Å². The molecule has 2 saturated heterocycles. The summed E-state index contributed by atoms with van der Waals surface area (Å²) in [7, 11) is 1.47. The SMILES string of the molecule is CN(C(=O)c1cc(C(F)(F)F)cc(C(F)(F)F)c1)[C@@H]1CCN(C2CCNCC2)C[C@H]1c1ccccc1.Cl.Cl. The van der Waals surface area contributed by atoms with Crippen LogP contribution in [0, 0.1) is 0 Å². The molecule has 38 heavy (non-hydrogen) atoms. The Morgan fingerprint density at radius 1 is 0.895 bits per heavy atom. The van der Waals surface area contributed by atoms with Crippen molar-refractivity contribution in [3.63, 3.8) is 0 Å². The summed E-state index contributed by atoms with van der Waals surface area (Å²) >= 11 is 0. The Kier molecular flexibility index (Phi) is 10.9. The van der Waals surface area contributed by atoms with Crippen LogP contribution >= 0.6 is 24.8 Å². The number of halogens is 8. The zero-order valence-corrected chi connectivity index (χ0v) is 22.3. The molecular weight excluding hydrogens is 555 g/mol. The van der Waals surface area contributed by atoms with Crippen LogP contribution in [0.2, 0.25) is 0 Å². The minimum atomic E-state index is -5.01. The number of hydrogen-bond donors (Lipinski definition) is 1. The van der Waals surface area contributed by atoms with Crippen LogP contribution in [0.15, 0.2) is 48.5 Å². The van der Waals surface area contributed by atoms with Gasteiger partial charge in [-0.2, -0.15) is 26.3 Å². The Bertz CT molecular complexity index is 1030. The number of piperidine rings is 2. The van der Waals surface area contributed by atoms with Gasteiger partial charge in [0.25, 0.3) is 5.91 Å². The van der Waals surface area contributed by atoms with E-state index in [9.17, 15) is 31.1 Å². The molecule has 2 atom stereocenters. The summed E-state index contributed by atoms with van der Waals surface area (Å²) in [6.07, 6.45) is -7.45. The van der Waals surface area contributed by atoms with E-state index >= 15 is 0 Å². The summed E-state index contributed by atoms with van der Waals surface area (Å²) in [5.74, 6) is -0.982. The third kappa shape index (κ3) is 7.34. The molecular formula is C26H31Cl2F6N3O. The molecule has 1 N–H and O–H groups in total. The number of hydrogen-bond acceptors (Lipinski definition) is 3. The van der Waals surface area contributed by atoms with Crippen LogP contribution in [0.25, 0.3) is 0 Å². The van der Waals surface area contributed by atoms with Crippen LogP contribution in [0.5, 0.6) is 0 Å². The summed E-state index contributed by atoms with van der Waals surface area (Å²) in [4.78, 5) is 17.1. The molecule has 0 radical (unpaired) electrons. The lowest BCUT2D eigenvalue weighted by atomic mass is 9.83. The highest BCUT2D eigenvalue weighted by Crippen LogP contribution is 2.38. The zero-order valence-electron chi connectivity index (χ0n) is 20.7. The number of carbonyl (C=O) groups is 1. The van der Waals surface area contributed by atoms with Crippen molar-refractivity contribution in [2.75, 3.05) is 33.2 Å². The molecule has 2 fully saturated rings. The van der Waals surface area contributed by atoms with Gasteiger partial charge in [0, 0.05) is 43.7 Å². The summed E-state index contributed by atoms with van der Waals surface area (Å²) in [6, 6.07) is 10.6. The van der Waals surface area contributed by atoms with Gasteiger partial charge in [0.1, 0.15) is 0 Å². The van der Waals surface area contributed by atoms with E-state index in [4.69, 9.17) is 0 Å². The lowest BCUT2D eigenvalue weighted by molar-refractivity contribution is -0.143. The zero-order chi connectivity index (χ0) is 26.1. The molecule has 0 bridgehead atoms. The van der Waals surface area contributed by atoms with Crippen molar-refractivity contribution >= 4 is 30.7 Å². The van der Waals surface area contributed by atoms with Gasteiger partial charge in [-0.05, 0) is 56.1 Å². The second kappa shape index (κ2) is 12.9. The van der Waals surface area contributed by atoms with E-state index in [1.54, 1.807) is 0 Å². The Hall–Kier alpha value is -2.01. The largest absolute Gasteiger partial charge is 0.416 e. The number of rotatable bonds is 4. The average molecular weight is 586 g/mol. The van der Waals surface area contributed by atoms with Crippen LogP contribution in [0.4, 0.5) is 26.3 Å². The van der Waals surface area contributed by atoms with Crippen LogP contribution in [-0.4, -0.2) is 61.0 Å². The molecule has 1 amide bonds. The smallest absolute Gasteiger partial charge is 0.338 e. The molecule has 212 valence electrons. The van der Waals surface area contributed by atoms with Gasteiger partial charge in [0.05, 0.1) is 11.1 Å². The summed E-state index contributed by atoms with van der Waals surface area (Å²) in [5.41, 5.74) is -2.61. The molecule has 0 unspecified atom stereocenters. The molecule has 12 heteroatoms. The highest BCUT2D eigenvalue weighted by Gasteiger charge is 2.40. The average Bonchev–Trinajstić information content (AvgIpc) is 2.87. The van der Waals surface area contributed by atoms with Crippen LogP contribution in [0.1, 0.15) is 52.2 Å². The van der Waals surface area contributed by atoms with E-state index in [2.05, 4.69) is 10.2 Å². The number of nitrogens with one attached hydrogen (secondary N) is 1. The van der Waals surface area contributed by atoms with Crippen molar-refractivity contribution in [3.05, 3.63) is 70.8 Å². The van der Waals surface area contributed by atoms with Crippen LogP contribution < -0.4 is 5.32 Å². The molecule has 0 aromatic heterocycles. The first kappa shape index (κ1) is 32.2. The van der Waals surface area contributed by atoms with Crippen LogP contribution in [-0.2, 0) is 12.4 Å². The molecule has 0 saturated carbocycles. The van der Waals surface area contributed by atoms with E-state index in [1.807, 2.05) is 30.3 Å². The van der Waals surface area contributed by atoms with E-state index in [-0.39, 0.29) is 42.8 Å². The molecule has 4 rings (SSSR count). The molecule has 2 aromatic carbocycles. The monoisotopic (exact) mass is 585 g/mol. The Morgan fingerprint density at radius 3 is 1.97 bits per heavy atom. The number of likely N-dealkylation sites (N-methyl/N-ethyl adjacent to an activating group) is 1. The number of likely N-dealkylation sites (tertiary alicyclic amines) is 1. The number of nitrogens with zero attached hydrogens (tertiary/aromatic N) is 2. The van der Waals surface area contributed by atoms with Gasteiger partial charge in [-0.15, -0.1) is 24.8 Å². The van der Waals surface area contributed by atoms with Crippen molar-refractivity contribution in [1.29, 1.82) is 0 Å². The van der Waals surface area contributed by atoms with Crippen molar-refractivity contribution in [3.8, 4) is 0 Å². The van der Waals surface area contributed by atoms with Gasteiger partial charge >= 0.3 is 12.4 Å².